The van der Waals surface area contributed by atoms with Gasteiger partial charge in [0.25, 0.3) is 10.1 Å². The molecule has 4 nitrogen and oxygen atoms in total. The molecule has 2 rings (SSSR count). The van der Waals surface area contributed by atoms with Gasteiger partial charge < -0.3 is 4.74 Å². The smallest absolute Gasteiger partial charge is 0.267 e. The van der Waals surface area contributed by atoms with Gasteiger partial charge in [0, 0.05) is 0 Å². The Morgan fingerprint density at radius 3 is 2.13 bits per heavy atom. The van der Waals surface area contributed by atoms with Crippen LogP contribution < -0.4 is 4.74 Å². The van der Waals surface area contributed by atoms with Crippen LogP contribution in [0.4, 0.5) is 0 Å². The highest BCUT2D eigenvalue weighted by Gasteiger charge is 2.31. The largest absolute Gasteiger partial charge is 0.488 e. The van der Waals surface area contributed by atoms with E-state index in [4.69, 9.17) is 8.92 Å². The number of rotatable bonds is 5. The monoisotopic (exact) mass is 340 g/mol. The molecule has 1 aliphatic rings. The highest BCUT2D eigenvalue weighted by molar-refractivity contribution is 7.86. The van der Waals surface area contributed by atoms with Crippen molar-refractivity contribution in [1.29, 1.82) is 0 Å². The molecule has 0 saturated heterocycles. The minimum atomic E-state index is -3.45. The van der Waals surface area contributed by atoms with Crippen LogP contribution in [0.15, 0.2) is 24.3 Å². The lowest BCUT2D eigenvalue weighted by Crippen LogP contribution is -2.38. The summed E-state index contributed by atoms with van der Waals surface area (Å²) >= 11 is 0. The van der Waals surface area contributed by atoms with E-state index in [1.54, 1.807) is 6.92 Å². The molecule has 1 aromatic carbocycles. The van der Waals surface area contributed by atoms with Gasteiger partial charge in [-0.3, -0.25) is 4.18 Å². The van der Waals surface area contributed by atoms with Crippen molar-refractivity contribution in [3.63, 3.8) is 0 Å². The van der Waals surface area contributed by atoms with Crippen molar-refractivity contribution in [2.24, 2.45) is 0 Å². The van der Waals surface area contributed by atoms with Crippen LogP contribution in [-0.2, 0) is 19.7 Å². The molecule has 1 fully saturated rings. The van der Waals surface area contributed by atoms with E-state index in [9.17, 15) is 8.42 Å². The summed E-state index contributed by atoms with van der Waals surface area (Å²) in [4.78, 5) is 0. The minimum Gasteiger partial charge on any atom is -0.488 e. The van der Waals surface area contributed by atoms with E-state index in [-0.39, 0.29) is 23.4 Å². The molecule has 2 atom stereocenters. The summed E-state index contributed by atoms with van der Waals surface area (Å²) in [5.74, 6) is 0.767. The van der Waals surface area contributed by atoms with E-state index < -0.39 is 10.1 Å². The summed E-state index contributed by atoms with van der Waals surface area (Å²) in [6.07, 6.45) is 2.99. The maximum atomic E-state index is 11.7. The quantitative estimate of drug-likeness (QED) is 0.759. The van der Waals surface area contributed by atoms with Gasteiger partial charge in [0.1, 0.15) is 18.0 Å². The molecule has 0 bridgehead atoms. The Morgan fingerprint density at radius 1 is 1.04 bits per heavy atom. The molecule has 0 heterocycles. The molecule has 5 heteroatoms. The highest BCUT2D eigenvalue weighted by Crippen LogP contribution is 2.29. The van der Waals surface area contributed by atoms with Gasteiger partial charge in [-0.1, -0.05) is 39.3 Å². The van der Waals surface area contributed by atoms with Gasteiger partial charge in [-0.25, -0.2) is 0 Å². The predicted molar refractivity (Wildman–Crippen MR) is 92.4 cm³/mol. The molecule has 0 amide bonds. The van der Waals surface area contributed by atoms with Crippen molar-refractivity contribution in [3.05, 3.63) is 29.8 Å². The second kappa shape index (κ2) is 7.22. The first-order valence-corrected chi connectivity index (χ1v) is 9.97. The summed E-state index contributed by atoms with van der Waals surface area (Å²) in [6, 6.07) is 8.05. The van der Waals surface area contributed by atoms with Crippen LogP contribution in [-0.4, -0.2) is 26.4 Å². The molecule has 2 unspecified atom stereocenters. The Morgan fingerprint density at radius 2 is 1.61 bits per heavy atom. The molecule has 130 valence electrons. The standard InChI is InChI=1S/C18H28O4S/c1-5-23(19,20)22-17-9-7-6-8-16(17)21-15-12-10-14(11-13-15)18(2,3)4/h10-13,16-17H,5-9H2,1-4H3. The van der Waals surface area contributed by atoms with Crippen molar-refractivity contribution in [2.45, 2.75) is 71.0 Å². The maximum Gasteiger partial charge on any atom is 0.267 e. The third kappa shape index (κ3) is 5.21. The second-order valence-corrected chi connectivity index (χ2v) is 9.08. The number of hydrogen-bond donors (Lipinski definition) is 0. The van der Waals surface area contributed by atoms with Gasteiger partial charge in [0.05, 0.1) is 5.75 Å². The summed E-state index contributed by atoms with van der Waals surface area (Å²) < 4.78 is 34.9. The summed E-state index contributed by atoms with van der Waals surface area (Å²) in [7, 11) is -3.45. The molecule has 0 aromatic heterocycles. The van der Waals surface area contributed by atoms with Crippen LogP contribution in [0.25, 0.3) is 0 Å². The lowest BCUT2D eigenvalue weighted by atomic mass is 9.87. The molecule has 0 radical (unpaired) electrons. The van der Waals surface area contributed by atoms with Gasteiger partial charge >= 0.3 is 0 Å². The van der Waals surface area contributed by atoms with Crippen molar-refractivity contribution in [2.75, 3.05) is 5.75 Å². The normalized spacial score (nSPS) is 22.8. The SMILES string of the molecule is CCS(=O)(=O)OC1CCCCC1Oc1ccc(C(C)(C)C)cc1. The third-order valence-electron chi connectivity index (χ3n) is 4.27. The van der Waals surface area contributed by atoms with Crippen LogP contribution in [0, 0.1) is 0 Å². The lowest BCUT2D eigenvalue weighted by molar-refractivity contribution is 0.0272. The van der Waals surface area contributed by atoms with E-state index in [1.165, 1.54) is 5.56 Å². The van der Waals surface area contributed by atoms with E-state index in [0.717, 1.165) is 31.4 Å². The van der Waals surface area contributed by atoms with Gasteiger partial charge in [0.2, 0.25) is 0 Å². The molecule has 1 aromatic rings. The van der Waals surface area contributed by atoms with Gasteiger partial charge in [-0.05, 0) is 49.3 Å². The zero-order valence-electron chi connectivity index (χ0n) is 14.5. The Balaban J connectivity index is 2.07. The average Bonchev–Trinajstić information content (AvgIpc) is 2.49. The Hall–Kier alpha value is -1.07. The Labute approximate surface area is 140 Å². The summed E-state index contributed by atoms with van der Waals surface area (Å²) in [5, 5.41) is 0. The van der Waals surface area contributed by atoms with Crippen molar-refractivity contribution in [1.82, 2.24) is 0 Å². The lowest BCUT2D eigenvalue weighted by Gasteiger charge is -2.31. The summed E-state index contributed by atoms with van der Waals surface area (Å²) in [5.41, 5.74) is 1.35. The van der Waals surface area contributed by atoms with Crippen molar-refractivity contribution in [3.8, 4) is 5.75 Å². The fraction of sp³-hybridized carbons (Fsp3) is 0.667. The Kier molecular flexibility index (Phi) is 5.74. The van der Waals surface area contributed by atoms with Gasteiger partial charge in [0.15, 0.2) is 0 Å². The van der Waals surface area contributed by atoms with Gasteiger partial charge in [-0.15, -0.1) is 0 Å². The first kappa shape index (κ1) is 18.3. The molecule has 23 heavy (non-hydrogen) atoms. The zero-order chi connectivity index (χ0) is 17.1. The molecular weight excluding hydrogens is 312 g/mol. The number of hydrogen-bond acceptors (Lipinski definition) is 4. The van der Waals surface area contributed by atoms with Gasteiger partial charge in [-0.2, -0.15) is 8.42 Å². The fourth-order valence-electron chi connectivity index (χ4n) is 2.77. The van der Waals surface area contributed by atoms with Crippen LogP contribution in [0.5, 0.6) is 5.75 Å². The fourth-order valence-corrected chi connectivity index (χ4v) is 3.51. The van der Waals surface area contributed by atoms with Crippen LogP contribution in [0.1, 0.15) is 58.9 Å². The molecule has 0 spiro atoms. The van der Waals surface area contributed by atoms with E-state index in [0.29, 0.717) is 0 Å². The highest BCUT2D eigenvalue weighted by atomic mass is 32.2. The average molecular weight is 340 g/mol. The minimum absolute atomic E-state index is 0.00347. The zero-order valence-corrected chi connectivity index (χ0v) is 15.4. The summed E-state index contributed by atoms with van der Waals surface area (Å²) in [6.45, 7) is 8.11. The van der Waals surface area contributed by atoms with Crippen LogP contribution in [0.3, 0.4) is 0 Å². The first-order valence-electron chi connectivity index (χ1n) is 8.39. The second-order valence-electron chi connectivity index (χ2n) is 7.20. The van der Waals surface area contributed by atoms with Crippen LogP contribution in [0.2, 0.25) is 0 Å². The third-order valence-corrected chi connectivity index (χ3v) is 5.52. The van der Waals surface area contributed by atoms with Crippen molar-refractivity contribution >= 4 is 10.1 Å². The topological polar surface area (TPSA) is 52.6 Å². The Bertz CT molecular complexity index is 599. The van der Waals surface area contributed by atoms with E-state index in [1.807, 2.05) is 12.1 Å². The molecule has 1 aliphatic carbocycles. The molecule has 0 N–H and O–H groups in total. The van der Waals surface area contributed by atoms with E-state index in [2.05, 4.69) is 32.9 Å². The molecular formula is C18H28O4S. The van der Waals surface area contributed by atoms with E-state index >= 15 is 0 Å². The number of ether oxygens (including phenoxy) is 1. The molecule has 0 aliphatic heterocycles. The molecule has 1 saturated carbocycles. The number of benzene rings is 1. The predicted octanol–water partition coefficient (Wildman–Crippen LogP) is 4.04. The van der Waals surface area contributed by atoms with Crippen LogP contribution >= 0.6 is 0 Å². The first-order chi connectivity index (χ1) is 10.7. The maximum absolute atomic E-state index is 11.7. The van der Waals surface area contributed by atoms with Crippen molar-refractivity contribution < 1.29 is 17.3 Å².